The van der Waals surface area contributed by atoms with Crippen molar-refractivity contribution in [3.63, 3.8) is 0 Å². The summed E-state index contributed by atoms with van der Waals surface area (Å²) in [5.41, 5.74) is 0. The minimum atomic E-state index is -0.880. The van der Waals surface area contributed by atoms with E-state index in [0.717, 1.165) is 0 Å². The highest BCUT2D eigenvalue weighted by atomic mass is 16.5. The van der Waals surface area contributed by atoms with Gasteiger partial charge in [-0.1, -0.05) is 0 Å². The van der Waals surface area contributed by atoms with Gasteiger partial charge in [0.05, 0.1) is 18.8 Å². The van der Waals surface area contributed by atoms with Crippen LogP contribution in [0.3, 0.4) is 0 Å². The maximum absolute atomic E-state index is 10.9. The van der Waals surface area contributed by atoms with Crippen LogP contribution >= 0.6 is 0 Å². The van der Waals surface area contributed by atoms with Gasteiger partial charge >= 0.3 is 5.97 Å². The van der Waals surface area contributed by atoms with Crippen molar-refractivity contribution in [1.82, 2.24) is 4.90 Å². The Morgan fingerprint density at radius 3 is 3.07 bits per heavy atom. The highest BCUT2D eigenvalue weighted by Gasteiger charge is 2.34. The molecule has 1 saturated heterocycles. The van der Waals surface area contributed by atoms with Crippen LogP contribution in [0.2, 0.25) is 0 Å². The molecule has 0 aromatic carbocycles. The molecule has 2 atom stereocenters. The second kappa shape index (κ2) is 4.94. The second-order valence-electron chi connectivity index (χ2n) is 3.30. The highest BCUT2D eigenvalue weighted by molar-refractivity contribution is 5.74. The predicted octanol–water partition coefficient (Wildman–Crippen LogP) is 0.0740. The number of nitriles is 1. The largest absolute Gasteiger partial charge is 0.480 e. The van der Waals surface area contributed by atoms with Crippen molar-refractivity contribution in [3.8, 4) is 6.07 Å². The van der Waals surface area contributed by atoms with Crippen LogP contribution < -0.4 is 0 Å². The van der Waals surface area contributed by atoms with Gasteiger partial charge in [0.25, 0.3) is 0 Å². The molecule has 2 unspecified atom stereocenters. The van der Waals surface area contributed by atoms with E-state index in [-0.39, 0.29) is 6.10 Å². The molecule has 14 heavy (non-hydrogen) atoms. The van der Waals surface area contributed by atoms with Crippen LogP contribution in [0.4, 0.5) is 0 Å². The lowest BCUT2D eigenvalue weighted by Gasteiger charge is -2.36. The molecular formula is C9H14N2O3. The Bertz CT molecular complexity index is 249. The van der Waals surface area contributed by atoms with Crippen molar-refractivity contribution in [3.05, 3.63) is 0 Å². The summed E-state index contributed by atoms with van der Waals surface area (Å²) in [6.07, 6.45) is 0.0520. The summed E-state index contributed by atoms with van der Waals surface area (Å²) < 4.78 is 5.26. The van der Waals surface area contributed by atoms with Crippen molar-refractivity contribution >= 4 is 5.97 Å². The van der Waals surface area contributed by atoms with Crippen LogP contribution in [0.1, 0.15) is 13.3 Å². The average molecular weight is 198 g/mol. The topological polar surface area (TPSA) is 73.6 Å². The van der Waals surface area contributed by atoms with E-state index in [1.165, 1.54) is 0 Å². The fourth-order valence-electron chi connectivity index (χ4n) is 1.68. The number of hydrogen-bond acceptors (Lipinski definition) is 4. The minimum absolute atomic E-state index is 0.306. The van der Waals surface area contributed by atoms with E-state index < -0.39 is 12.0 Å². The van der Waals surface area contributed by atoms with E-state index >= 15 is 0 Å². The number of rotatable bonds is 3. The van der Waals surface area contributed by atoms with E-state index in [0.29, 0.717) is 26.1 Å². The van der Waals surface area contributed by atoms with E-state index in [9.17, 15) is 4.79 Å². The van der Waals surface area contributed by atoms with E-state index in [1.807, 2.05) is 6.07 Å². The van der Waals surface area contributed by atoms with Gasteiger partial charge in [-0.25, -0.2) is 0 Å². The zero-order valence-corrected chi connectivity index (χ0v) is 8.14. The number of aliphatic carboxylic acids is 1. The lowest BCUT2D eigenvalue weighted by Crippen LogP contribution is -2.54. The lowest BCUT2D eigenvalue weighted by atomic mass is 10.1. The Hall–Kier alpha value is -1.12. The fourth-order valence-corrected chi connectivity index (χ4v) is 1.68. The minimum Gasteiger partial charge on any atom is -0.480 e. The normalized spacial score (nSPS) is 28.3. The number of carboxylic acid groups (broad SMARTS) is 1. The molecule has 1 rings (SSSR count). The number of carbonyl (C=O) groups is 1. The smallest absolute Gasteiger partial charge is 0.323 e. The molecule has 5 nitrogen and oxygen atoms in total. The van der Waals surface area contributed by atoms with Crippen LogP contribution in [-0.2, 0) is 9.53 Å². The first kappa shape index (κ1) is 11.0. The Balaban J connectivity index is 2.61. The molecule has 0 spiro atoms. The molecule has 0 saturated carbocycles. The molecule has 0 amide bonds. The second-order valence-corrected chi connectivity index (χ2v) is 3.30. The SMILES string of the molecule is CC1OCCN(CCC#N)C1C(=O)O. The monoisotopic (exact) mass is 198 g/mol. The van der Waals surface area contributed by atoms with Gasteiger partial charge in [0.1, 0.15) is 6.04 Å². The van der Waals surface area contributed by atoms with Crippen molar-refractivity contribution in [2.24, 2.45) is 0 Å². The Morgan fingerprint density at radius 2 is 2.50 bits per heavy atom. The van der Waals surface area contributed by atoms with Crippen LogP contribution in [-0.4, -0.2) is 47.8 Å². The summed E-state index contributed by atoms with van der Waals surface area (Å²) in [5, 5.41) is 17.4. The van der Waals surface area contributed by atoms with Gasteiger partial charge in [0.2, 0.25) is 0 Å². The summed E-state index contributed by atoms with van der Waals surface area (Å²) in [6, 6.07) is 1.40. The number of ether oxygens (including phenoxy) is 1. The highest BCUT2D eigenvalue weighted by Crippen LogP contribution is 2.14. The lowest BCUT2D eigenvalue weighted by molar-refractivity contribution is -0.155. The number of hydrogen-bond donors (Lipinski definition) is 1. The van der Waals surface area contributed by atoms with Crippen molar-refractivity contribution < 1.29 is 14.6 Å². The molecule has 1 N–H and O–H groups in total. The molecule has 0 aromatic rings. The number of morpholine rings is 1. The molecule has 5 heteroatoms. The standard InChI is InChI=1S/C9H14N2O3/c1-7-8(9(12)13)11(4-2-3-10)5-6-14-7/h7-8H,2,4-6H2,1H3,(H,12,13). The molecule has 0 radical (unpaired) electrons. The molecule has 1 aliphatic rings. The summed E-state index contributed by atoms with van der Waals surface area (Å²) in [5.74, 6) is -0.880. The van der Waals surface area contributed by atoms with Gasteiger partial charge in [0, 0.05) is 19.5 Å². The van der Waals surface area contributed by atoms with E-state index in [1.54, 1.807) is 11.8 Å². The third kappa shape index (κ3) is 2.44. The molecular weight excluding hydrogens is 184 g/mol. The van der Waals surface area contributed by atoms with Crippen molar-refractivity contribution in [1.29, 1.82) is 5.26 Å². The molecule has 1 fully saturated rings. The molecule has 0 aliphatic carbocycles. The third-order valence-electron chi connectivity index (χ3n) is 2.36. The zero-order chi connectivity index (χ0) is 10.6. The van der Waals surface area contributed by atoms with Crippen molar-refractivity contribution in [2.75, 3.05) is 19.7 Å². The molecule has 78 valence electrons. The summed E-state index contributed by atoms with van der Waals surface area (Å²) in [6.45, 7) is 3.37. The molecule has 1 aliphatic heterocycles. The first-order valence-corrected chi connectivity index (χ1v) is 4.62. The van der Waals surface area contributed by atoms with Gasteiger partial charge in [-0.2, -0.15) is 5.26 Å². The quantitative estimate of drug-likeness (QED) is 0.694. The Kier molecular flexibility index (Phi) is 3.86. The molecule has 1 heterocycles. The first-order chi connectivity index (χ1) is 6.66. The van der Waals surface area contributed by atoms with Gasteiger partial charge in [-0.05, 0) is 6.92 Å². The average Bonchev–Trinajstić information content (AvgIpc) is 2.14. The number of nitrogens with zero attached hydrogens (tertiary/aromatic N) is 2. The Labute approximate surface area is 82.9 Å². The fraction of sp³-hybridized carbons (Fsp3) is 0.778. The summed E-state index contributed by atoms with van der Waals surface area (Å²) in [7, 11) is 0. The summed E-state index contributed by atoms with van der Waals surface area (Å²) >= 11 is 0. The van der Waals surface area contributed by atoms with Gasteiger partial charge in [-0.3, -0.25) is 9.69 Å². The van der Waals surface area contributed by atoms with Crippen LogP contribution in [0.25, 0.3) is 0 Å². The summed E-state index contributed by atoms with van der Waals surface area (Å²) in [4.78, 5) is 12.7. The van der Waals surface area contributed by atoms with Crippen molar-refractivity contribution in [2.45, 2.75) is 25.5 Å². The predicted molar refractivity (Wildman–Crippen MR) is 48.6 cm³/mol. The maximum Gasteiger partial charge on any atom is 0.323 e. The number of carboxylic acids is 1. The van der Waals surface area contributed by atoms with Crippen LogP contribution in [0, 0.1) is 11.3 Å². The van der Waals surface area contributed by atoms with E-state index in [2.05, 4.69) is 0 Å². The third-order valence-corrected chi connectivity index (χ3v) is 2.36. The zero-order valence-electron chi connectivity index (χ0n) is 8.14. The Morgan fingerprint density at radius 1 is 1.79 bits per heavy atom. The molecule has 0 bridgehead atoms. The van der Waals surface area contributed by atoms with Gasteiger partial charge in [0.15, 0.2) is 0 Å². The van der Waals surface area contributed by atoms with Gasteiger partial charge in [-0.15, -0.1) is 0 Å². The maximum atomic E-state index is 10.9. The first-order valence-electron chi connectivity index (χ1n) is 4.62. The van der Waals surface area contributed by atoms with Crippen LogP contribution in [0.15, 0.2) is 0 Å². The van der Waals surface area contributed by atoms with Crippen LogP contribution in [0.5, 0.6) is 0 Å². The van der Waals surface area contributed by atoms with Gasteiger partial charge < -0.3 is 9.84 Å². The van der Waals surface area contributed by atoms with E-state index in [4.69, 9.17) is 15.1 Å². The molecule has 0 aromatic heterocycles.